The van der Waals surface area contributed by atoms with Gasteiger partial charge in [-0.25, -0.2) is 4.79 Å². The molecule has 1 saturated carbocycles. The van der Waals surface area contributed by atoms with E-state index in [-0.39, 0.29) is 30.1 Å². The molecule has 31 heavy (non-hydrogen) atoms. The summed E-state index contributed by atoms with van der Waals surface area (Å²) in [6.45, 7) is 3.47. The van der Waals surface area contributed by atoms with E-state index in [0.29, 0.717) is 29.2 Å². The number of halogens is 1. The van der Waals surface area contributed by atoms with Crippen molar-refractivity contribution in [1.82, 2.24) is 25.6 Å². The van der Waals surface area contributed by atoms with Gasteiger partial charge >= 0.3 is 6.09 Å². The topological polar surface area (TPSA) is 100 Å². The van der Waals surface area contributed by atoms with Crippen LogP contribution in [0.25, 0.3) is 11.0 Å². The Morgan fingerprint density at radius 2 is 1.97 bits per heavy atom. The molecule has 5 rings (SSSR count). The fourth-order valence-corrected chi connectivity index (χ4v) is 4.65. The van der Waals surface area contributed by atoms with E-state index in [9.17, 15) is 9.59 Å². The largest absolute Gasteiger partial charge is 0.445 e. The second-order valence-corrected chi connectivity index (χ2v) is 9.01. The zero-order valence-electron chi connectivity index (χ0n) is 17.0. The Kier molecular flexibility index (Phi) is 4.81. The number of nitrogens with zero attached hydrogens (tertiary/aromatic N) is 3. The van der Waals surface area contributed by atoms with E-state index < -0.39 is 0 Å². The van der Waals surface area contributed by atoms with Crippen LogP contribution in [-0.2, 0) is 11.3 Å². The van der Waals surface area contributed by atoms with Crippen LogP contribution in [0.3, 0.4) is 0 Å². The number of H-pyrrole nitrogens is 1. The fourth-order valence-electron chi connectivity index (χ4n) is 4.45. The number of nitrogens with one attached hydrogen (secondary N) is 2. The zero-order valence-corrected chi connectivity index (χ0v) is 17.8. The Labute approximate surface area is 183 Å². The van der Waals surface area contributed by atoms with Crippen LogP contribution in [0.1, 0.15) is 34.3 Å². The van der Waals surface area contributed by atoms with Crippen molar-refractivity contribution in [2.45, 2.75) is 32.4 Å². The summed E-state index contributed by atoms with van der Waals surface area (Å²) in [7, 11) is 0. The van der Waals surface area contributed by atoms with Gasteiger partial charge in [0, 0.05) is 35.1 Å². The van der Waals surface area contributed by atoms with Gasteiger partial charge in [-0.1, -0.05) is 23.7 Å². The number of hydrogen-bond donors (Lipinski definition) is 2. The van der Waals surface area contributed by atoms with Gasteiger partial charge in [0.2, 0.25) is 0 Å². The molecule has 2 fully saturated rings. The number of aryl methyl sites for hydroxylation is 1. The van der Waals surface area contributed by atoms with Crippen LogP contribution in [-0.4, -0.2) is 51.4 Å². The molecule has 1 aromatic heterocycles. The number of carbonyl (C=O) groups excluding carboxylic acids is 2. The van der Waals surface area contributed by atoms with Crippen LogP contribution >= 0.6 is 11.6 Å². The third-order valence-electron chi connectivity index (χ3n) is 6.18. The van der Waals surface area contributed by atoms with Gasteiger partial charge in [-0.15, -0.1) is 0 Å². The molecule has 2 amide bonds. The first-order valence-corrected chi connectivity index (χ1v) is 10.6. The molecule has 8 nitrogen and oxygen atoms in total. The van der Waals surface area contributed by atoms with Gasteiger partial charge in [0.25, 0.3) is 5.91 Å². The quantitative estimate of drug-likeness (QED) is 0.648. The third kappa shape index (κ3) is 3.83. The molecule has 0 atom stereocenters. The van der Waals surface area contributed by atoms with E-state index in [1.165, 1.54) is 0 Å². The Bertz CT molecular complexity index is 1160. The second kappa shape index (κ2) is 7.53. The molecule has 3 aromatic rings. The summed E-state index contributed by atoms with van der Waals surface area (Å²) in [5.74, 6) is -0.114. The second-order valence-electron chi connectivity index (χ2n) is 8.60. The highest BCUT2D eigenvalue weighted by Gasteiger charge is 2.54. The van der Waals surface area contributed by atoms with Gasteiger partial charge in [-0.05, 0) is 55.2 Å². The summed E-state index contributed by atoms with van der Waals surface area (Å²) in [6, 6.07) is 11.0. The smallest absolute Gasteiger partial charge is 0.410 e. The molecule has 1 aliphatic heterocycles. The Balaban J connectivity index is 1.07. The molecule has 1 spiro atoms. The molecule has 2 heterocycles. The van der Waals surface area contributed by atoms with Crippen LogP contribution in [0.2, 0.25) is 5.02 Å². The summed E-state index contributed by atoms with van der Waals surface area (Å²) in [4.78, 5) is 26.5. The molecular formula is C22H22ClN5O3. The van der Waals surface area contributed by atoms with Crippen LogP contribution in [0.4, 0.5) is 4.79 Å². The van der Waals surface area contributed by atoms with Crippen LogP contribution in [0.5, 0.6) is 0 Å². The minimum atomic E-state index is -0.310. The van der Waals surface area contributed by atoms with Crippen molar-refractivity contribution in [1.29, 1.82) is 0 Å². The lowest BCUT2D eigenvalue weighted by molar-refractivity contribution is -0.0693. The number of carbonyl (C=O) groups is 2. The van der Waals surface area contributed by atoms with Crippen LogP contribution in [0, 0.1) is 12.3 Å². The maximum Gasteiger partial charge on any atom is 0.410 e. The van der Waals surface area contributed by atoms with E-state index in [0.717, 1.165) is 29.5 Å². The highest BCUT2D eigenvalue weighted by molar-refractivity contribution is 6.31. The number of ether oxygens (including phenoxy) is 1. The number of likely N-dealkylation sites (tertiary alicyclic amines) is 1. The van der Waals surface area contributed by atoms with Crippen LogP contribution < -0.4 is 5.32 Å². The maximum atomic E-state index is 12.5. The molecular weight excluding hydrogens is 418 g/mol. The summed E-state index contributed by atoms with van der Waals surface area (Å²) >= 11 is 6.11. The van der Waals surface area contributed by atoms with E-state index in [1.807, 2.05) is 25.1 Å². The molecule has 0 unspecified atom stereocenters. The minimum Gasteiger partial charge on any atom is -0.445 e. The molecule has 2 aliphatic rings. The van der Waals surface area contributed by atoms with Gasteiger partial charge in [0.1, 0.15) is 17.6 Å². The van der Waals surface area contributed by atoms with Gasteiger partial charge in [-0.2, -0.15) is 15.4 Å². The number of benzene rings is 2. The summed E-state index contributed by atoms with van der Waals surface area (Å²) in [5, 5.41) is 14.3. The molecule has 2 aromatic carbocycles. The monoisotopic (exact) mass is 439 g/mol. The first kappa shape index (κ1) is 19.8. The van der Waals surface area contributed by atoms with Crippen LogP contribution in [0.15, 0.2) is 36.4 Å². The number of rotatable bonds is 4. The fraction of sp³-hybridized carbons (Fsp3) is 0.364. The molecule has 9 heteroatoms. The average Bonchev–Trinajstić information content (AvgIpc) is 3.17. The van der Waals surface area contributed by atoms with Crippen molar-refractivity contribution in [2.24, 2.45) is 5.41 Å². The first-order valence-electron chi connectivity index (χ1n) is 10.2. The molecule has 160 valence electrons. The lowest BCUT2D eigenvalue weighted by atomic mass is 9.61. The number of amides is 2. The highest BCUT2D eigenvalue weighted by atomic mass is 35.5. The third-order valence-corrected chi connectivity index (χ3v) is 6.59. The molecule has 2 N–H and O–H groups in total. The van der Waals surface area contributed by atoms with Crippen molar-refractivity contribution >= 4 is 34.6 Å². The summed E-state index contributed by atoms with van der Waals surface area (Å²) in [5.41, 5.74) is 3.92. The van der Waals surface area contributed by atoms with E-state index in [1.54, 1.807) is 23.1 Å². The Morgan fingerprint density at radius 3 is 2.74 bits per heavy atom. The average molecular weight is 440 g/mol. The van der Waals surface area contributed by atoms with Gasteiger partial charge in [0.15, 0.2) is 0 Å². The highest BCUT2D eigenvalue weighted by Crippen LogP contribution is 2.48. The normalized spacial score (nSPS) is 17.3. The predicted molar refractivity (Wildman–Crippen MR) is 115 cm³/mol. The van der Waals surface area contributed by atoms with Crippen molar-refractivity contribution in [3.63, 3.8) is 0 Å². The zero-order chi connectivity index (χ0) is 21.6. The van der Waals surface area contributed by atoms with Crippen molar-refractivity contribution in [2.75, 3.05) is 13.1 Å². The minimum absolute atomic E-state index is 0.0974. The number of aromatic amines is 1. The molecule has 1 saturated heterocycles. The van der Waals surface area contributed by atoms with Crippen molar-refractivity contribution in [3.8, 4) is 0 Å². The summed E-state index contributed by atoms with van der Waals surface area (Å²) < 4.78 is 5.41. The Morgan fingerprint density at radius 1 is 1.19 bits per heavy atom. The van der Waals surface area contributed by atoms with Gasteiger partial charge in [0.05, 0.1) is 0 Å². The van der Waals surface area contributed by atoms with Crippen molar-refractivity contribution in [3.05, 3.63) is 58.1 Å². The number of hydrogen-bond acceptors (Lipinski definition) is 5. The van der Waals surface area contributed by atoms with E-state index >= 15 is 0 Å². The molecule has 0 bridgehead atoms. The van der Waals surface area contributed by atoms with Gasteiger partial charge < -0.3 is 15.0 Å². The van der Waals surface area contributed by atoms with Crippen molar-refractivity contribution < 1.29 is 14.3 Å². The van der Waals surface area contributed by atoms with E-state index in [4.69, 9.17) is 16.3 Å². The maximum absolute atomic E-state index is 12.5. The van der Waals surface area contributed by atoms with Gasteiger partial charge in [-0.3, -0.25) is 4.79 Å². The molecule has 1 aliphatic carbocycles. The number of aromatic nitrogens is 3. The number of fused-ring (bicyclic) bond motifs is 1. The first-order chi connectivity index (χ1) is 14.9. The lowest BCUT2D eigenvalue weighted by Crippen LogP contribution is -2.67. The molecule has 0 radical (unpaired) electrons. The standard InChI is InChI=1S/C22H22ClN5O3/c1-13-2-3-14(6-17(13)23)10-31-21(30)28-11-22(12-28)8-16(9-22)24-20(29)15-4-5-18-19(7-15)26-27-25-18/h2-7,16H,8-12H2,1H3,(H,24,29)(H,25,26,27). The predicted octanol–water partition coefficient (Wildman–Crippen LogP) is 3.45. The lowest BCUT2D eigenvalue weighted by Gasteiger charge is -2.58. The SMILES string of the molecule is Cc1ccc(COC(=O)N2CC3(CC(NC(=O)c4ccc5n[nH]nc5c4)C3)C2)cc1Cl. The Hall–Kier alpha value is -3.13. The van der Waals surface area contributed by atoms with E-state index in [2.05, 4.69) is 20.7 Å². The summed E-state index contributed by atoms with van der Waals surface area (Å²) in [6.07, 6.45) is 1.42.